The highest BCUT2D eigenvalue weighted by Crippen LogP contribution is 2.48. The van der Waals surface area contributed by atoms with E-state index in [4.69, 9.17) is 18.6 Å². The van der Waals surface area contributed by atoms with Gasteiger partial charge >= 0.3 is 5.97 Å². The van der Waals surface area contributed by atoms with Gasteiger partial charge in [0.25, 0.3) is 0 Å². The Bertz CT molecular complexity index is 1670. The molecule has 4 N–H and O–H groups in total. The van der Waals surface area contributed by atoms with Gasteiger partial charge < -0.3 is 39.1 Å². The summed E-state index contributed by atoms with van der Waals surface area (Å²) in [7, 11) is 1.49. The molecule has 0 unspecified atom stereocenters. The van der Waals surface area contributed by atoms with Gasteiger partial charge in [-0.15, -0.1) is 0 Å². The third-order valence-corrected chi connectivity index (χ3v) is 6.25. The topological polar surface area (TPSA) is 156 Å². The number of phenolic OH excluding ortho intramolecular Hbond substituents is 3. The number of benzene rings is 3. The van der Waals surface area contributed by atoms with Gasteiger partial charge in [-0.3, -0.25) is 9.59 Å². The van der Waals surface area contributed by atoms with Crippen LogP contribution in [0.25, 0.3) is 22.3 Å². The van der Waals surface area contributed by atoms with Gasteiger partial charge in [-0.05, 0) is 35.9 Å². The van der Waals surface area contributed by atoms with Crippen LogP contribution in [-0.4, -0.2) is 40.1 Å². The summed E-state index contributed by atoms with van der Waals surface area (Å²) < 4.78 is 22.5. The Morgan fingerprint density at radius 2 is 1.79 bits per heavy atom. The van der Waals surface area contributed by atoms with Gasteiger partial charge in [0.05, 0.1) is 13.5 Å². The number of esters is 1. The molecule has 38 heavy (non-hydrogen) atoms. The van der Waals surface area contributed by atoms with Gasteiger partial charge in [0.15, 0.2) is 28.8 Å². The number of phenols is 3. The van der Waals surface area contributed by atoms with E-state index >= 15 is 0 Å². The molecule has 2 heterocycles. The van der Waals surface area contributed by atoms with Gasteiger partial charge in [-0.25, -0.2) is 0 Å². The molecule has 1 aliphatic heterocycles. The number of carbonyl (C=O) groups is 1. The van der Waals surface area contributed by atoms with E-state index in [9.17, 15) is 30.0 Å². The maximum Gasteiger partial charge on any atom is 0.312 e. The Labute approximate surface area is 215 Å². The number of fused-ring (bicyclic) bond motifs is 3. The highest BCUT2D eigenvalue weighted by Gasteiger charge is 2.35. The maximum atomic E-state index is 13.2. The monoisotopic (exact) mass is 518 g/mol. The number of carbonyl (C=O) groups excluding carboxylic acids is 1. The molecule has 10 heteroatoms. The van der Waals surface area contributed by atoms with Crippen LogP contribution in [0, 0.1) is 0 Å². The van der Waals surface area contributed by atoms with E-state index in [0.717, 1.165) is 12.1 Å². The third kappa shape index (κ3) is 4.01. The van der Waals surface area contributed by atoms with Crippen LogP contribution in [0.4, 0.5) is 0 Å². The van der Waals surface area contributed by atoms with Crippen LogP contribution < -0.4 is 19.6 Å². The van der Waals surface area contributed by atoms with Crippen molar-refractivity contribution in [1.82, 2.24) is 0 Å². The SMILES string of the molecule is C=CCOc1cc([C@H]2CC(=O)Oc3cc(O)c4c(=O)c(O)c(-c5ccc(O)c(O)c5)oc4c32)ccc1OC. The van der Waals surface area contributed by atoms with Crippen LogP contribution >= 0.6 is 0 Å². The van der Waals surface area contributed by atoms with Gasteiger partial charge in [0.2, 0.25) is 11.2 Å². The Hall–Kier alpha value is -5.12. The summed E-state index contributed by atoms with van der Waals surface area (Å²) in [5, 5.41) is 40.6. The van der Waals surface area contributed by atoms with E-state index in [-0.39, 0.29) is 41.1 Å². The number of ether oxygens (including phenoxy) is 3. The van der Waals surface area contributed by atoms with Gasteiger partial charge in [0, 0.05) is 23.1 Å². The van der Waals surface area contributed by atoms with E-state index in [2.05, 4.69) is 6.58 Å². The second kappa shape index (κ2) is 9.40. The minimum atomic E-state index is -0.936. The second-order valence-corrected chi connectivity index (χ2v) is 8.56. The molecule has 0 amide bonds. The molecule has 0 saturated heterocycles. The lowest BCUT2D eigenvalue weighted by Crippen LogP contribution is -2.22. The summed E-state index contributed by atoms with van der Waals surface area (Å²) >= 11 is 0. The Morgan fingerprint density at radius 3 is 2.50 bits per heavy atom. The van der Waals surface area contributed by atoms with Crippen molar-refractivity contribution in [1.29, 1.82) is 0 Å². The van der Waals surface area contributed by atoms with E-state index in [1.165, 1.54) is 19.2 Å². The Kier molecular flexibility index (Phi) is 6.08. The largest absolute Gasteiger partial charge is 0.507 e. The smallest absolute Gasteiger partial charge is 0.312 e. The minimum Gasteiger partial charge on any atom is -0.507 e. The first-order chi connectivity index (χ1) is 18.2. The van der Waals surface area contributed by atoms with Crippen LogP contribution in [0.1, 0.15) is 23.5 Å². The maximum absolute atomic E-state index is 13.2. The fourth-order valence-electron chi connectivity index (χ4n) is 4.50. The van der Waals surface area contributed by atoms with Crippen molar-refractivity contribution in [2.24, 2.45) is 0 Å². The predicted octanol–water partition coefficient (Wildman–Crippen LogP) is 4.30. The normalized spacial score (nSPS) is 14.6. The zero-order valence-corrected chi connectivity index (χ0v) is 20.1. The highest BCUT2D eigenvalue weighted by molar-refractivity contribution is 5.94. The number of rotatable bonds is 6. The lowest BCUT2D eigenvalue weighted by Gasteiger charge is -2.26. The number of methoxy groups -OCH3 is 1. The minimum absolute atomic E-state index is 0.0195. The van der Waals surface area contributed by atoms with Crippen LogP contribution in [0.3, 0.4) is 0 Å². The van der Waals surface area contributed by atoms with Crippen molar-refractivity contribution in [2.75, 3.05) is 13.7 Å². The Balaban J connectivity index is 1.79. The van der Waals surface area contributed by atoms with E-state index < -0.39 is 40.3 Å². The van der Waals surface area contributed by atoms with Crippen LogP contribution in [-0.2, 0) is 4.79 Å². The van der Waals surface area contributed by atoms with E-state index in [1.807, 2.05) is 0 Å². The molecule has 3 aromatic carbocycles. The van der Waals surface area contributed by atoms with Gasteiger partial charge in [-0.1, -0.05) is 18.7 Å². The van der Waals surface area contributed by atoms with Crippen molar-refractivity contribution >= 4 is 16.9 Å². The third-order valence-electron chi connectivity index (χ3n) is 6.25. The number of aromatic hydroxyl groups is 4. The highest BCUT2D eigenvalue weighted by atomic mass is 16.5. The van der Waals surface area contributed by atoms with Crippen molar-refractivity contribution in [3.63, 3.8) is 0 Å². The quantitative estimate of drug-likeness (QED) is 0.126. The summed E-state index contributed by atoms with van der Waals surface area (Å²) in [5.74, 6) is -3.03. The predicted molar refractivity (Wildman–Crippen MR) is 135 cm³/mol. The summed E-state index contributed by atoms with van der Waals surface area (Å²) in [6.45, 7) is 3.85. The molecule has 0 fully saturated rings. The average Bonchev–Trinajstić information content (AvgIpc) is 2.90. The molecule has 1 aliphatic rings. The molecular formula is C28H22O10. The van der Waals surface area contributed by atoms with Crippen LogP contribution in [0.5, 0.6) is 40.2 Å². The molecular weight excluding hydrogens is 496 g/mol. The fraction of sp³-hybridized carbons (Fsp3) is 0.143. The first kappa shape index (κ1) is 24.6. The van der Waals surface area contributed by atoms with Crippen molar-refractivity contribution in [2.45, 2.75) is 12.3 Å². The molecule has 0 bridgehead atoms. The molecule has 0 radical (unpaired) electrons. The number of hydrogen-bond acceptors (Lipinski definition) is 10. The fourth-order valence-corrected chi connectivity index (χ4v) is 4.50. The van der Waals surface area contributed by atoms with Crippen molar-refractivity contribution in [3.05, 3.63) is 76.5 Å². The second-order valence-electron chi connectivity index (χ2n) is 8.56. The van der Waals surface area contributed by atoms with Crippen LogP contribution in [0.2, 0.25) is 0 Å². The first-order valence-corrected chi connectivity index (χ1v) is 11.4. The molecule has 10 nitrogen and oxygen atoms in total. The lowest BCUT2D eigenvalue weighted by molar-refractivity contribution is -0.135. The molecule has 0 spiro atoms. The molecule has 4 aromatic rings. The van der Waals surface area contributed by atoms with E-state index in [0.29, 0.717) is 22.6 Å². The van der Waals surface area contributed by atoms with Crippen LogP contribution in [0.15, 0.2) is 64.3 Å². The van der Waals surface area contributed by atoms with Gasteiger partial charge in [-0.2, -0.15) is 0 Å². The van der Waals surface area contributed by atoms with E-state index in [1.54, 1.807) is 24.3 Å². The molecule has 0 aliphatic carbocycles. The standard InChI is InChI=1S/C28H22O10/c1-3-8-36-20-10-13(5-7-19(20)35-2)15-11-22(32)37-21-12-18(31)24-25(33)26(34)27(38-28(24)23(15)21)14-4-6-16(29)17(30)9-14/h3-7,9-10,12,15,29-31,34H,1,8,11H2,2H3/t15-/m1/s1. The molecule has 0 saturated carbocycles. The molecule has 1 atom stereocenters. The van der Waals surface area contributed by atoms with Crippen molar-refractivity contribution < 1.29 is 43.8 Å². The first-order valence-electron chi connectivity index (χ1n) is 11.4. The average molecular weight is 518 g/mol. The van der Waals surface area contributed by atoms with Gasteiger partial charge in [0.1, 0.15) is 29.1 Å². The molecule has 194 valence electrons. The zero-order valence-electron chi connectivity index (χ0n) is 20.1. The molecule has 1 aromatic heterocycles. The molecule has 5 rings (SSSR count). The van der Waals surface area contributed by atoms with Crippen molar-refractivity contribution in [3.8, 4) is 51.6 Å². The zero-order chi connectivity index (χ0) is 27.1. The summed E-state index contributed by atoms with van der Waals surface area (Å²) in [6, 6.07) is 9.82. The summed E-state index contributed by atoms with van der Waals surface area (Å²) in [4.78, 5) is 25.8. The number of hydrogen-bond donors (Lipinski definition) is 4. The Morgan fingerprint density at radius 1 is 1.00 bits per heavy atom. The summed E-state index contributed by atoms with van der Waals surface area (Å²) in [6.07, 6.45) is 1.44. The lowest BCUT2D eigenvalue weighted by atomic mass is 9.85. The summed E-state index contributed by atoms with van der Waals surface area (Å²) in [5.41, 5.74) is -0.0718.